The van der Waals surface area contributed by atoms with Crippen LogP contribution in [0.25, 0.3) is 0 Å². The quantitative estimate of drug-likeness (QED) is 0.462. The molecule has 4 N–H and O–H groups in total. The molecule has 1 aromatic carbocycles. The van der Waals surface area contributed by atoms with Gasteiger partial charge in [-0.1, -0.05) is 29.3 Å². The Morgan fingerprint density at radius 1 is 1.25 bits per heavy atom. The van der Waals surface area contributed by atoms with Gasteiger partial charge in [0, 0.05) is 16.3 Å². The molecule has 2 aromatic rings. The van der Waals surface area contributed by atoms with Gasteiger partial charge in [0.05, 0.1) is 0 Å². The van der Waals surface area contributed by atoms with Crippen molar-refractivity contribution >= 4 is 40.6 Å². The van der Waals surface area contributed by atoms with Gasteiger partial charge in [0.2, 0.25) is 0 Å². The average Bonchev–Trinajstić information content (AvgIpc) is 2.42. The number of carbonyl (C=O) groups is 1. The third kappa shape index (κ3) is 3.39. The standard InChI is InChI=1S/C13H12Cl2N4O/c1-7-2-3-9(14)6-10(7)17-13(20)8-4-11(15)18-12(5-8)19-16/h2-6H,16H2,1H3,(H,17,20)(H,18,19). The lowest BCUT2D eigenvalue weighted by Gasteiger charge is -2.10. The first-order chi connectivity index (χ1) is 9.49. The SMILES string of the molecule is Cc1ccc(Cl)cc1NC(=O)c1cc(Cl)nc(NN)c1. The Morgan fingerprint density at radius 2 is 2.00 bits per heavy atom. The number of hydrazine groups is 1. The topological polar surface area (TPSA) is 80.0 Å². The lowest BCUT2D eigenvalue weighted by molar-refractivity contribution is 0.102. The Balaban J connectivity index is 2.28. The van der Waals surface area contributed by atoms with Crippen molar-refractivity contribution in [3.05, 3.63) is 51.6 Å². The minimum Gasteiger partial charge on any atom is -0.322 e. The van der Waals surface area contributed by atoms with Crippen LogP contribution in [0.1, 0.15) is 15.9 Å². The third-order valence-corrected chi connectivity index (χ3v) is 3.08. The van der Waals surface area contributed by atoms with E-state index in [9.17, 15) is 4.79 Å². The Labute approximate surface area is 126 Å². The van der Waals surface area contributed by atoms with Gasteiger partial charge in [0.1, 0.15) is 11.0 Å². The summed E-state index contributed by atoms with van der Waals surface area (Å²) >= 11 is 11.7. The summed E-state index contributed by atoms with van der Waals surface area (Å²) in [6.45, 7) is 1.87. The Morgan fingerprint density at radius 3 is 2.70 bits per heavy atom. The van der Waals surface area contributed by atoms with E-state index in [2.05, 4.69) is 15.7 Å². The minimum atomic E-state index is -0.323. The van der Waals surface area contributed by atoms with Gasteiger partial charge >= 0.3 is 0 Å². The number of nitrogens with zero attached hydrogens (tertiary/aromatic N) is 1. The number of aryl methyl sites for hydroxylation is 1. The molecule has 5 nitrogen and oxygen atoms in total. The fourth-order valence-corrected chi connectivity index (χ4v) is 2.01. The number of carbonyl (C=O) groups excluding carboxylic acids is 1. The highest BCUT2D eigenvalue weighted by atomic mass is 35.5. The van der Waals surface area contributed by atoms with Crippen molar-refractivity contribution in [1.29, 1.82) is 0 Å². The lowest BCUT2D eigenvalue weighted by atomic mass is 10.2. The number of nitrogens with two attached hydrogens (primary N) is 1. The second-order valence-corrected chi connectivity index (χ2v) is 4.95. The predicted octanol–water partition coefficient (Wildman–Crippen LogP) is 3.23. The maximum absolute atomic E-state index is 12.2. The Hall–Kier alpha value is -1.82. The van der Waals surface area contributed by atoms with Crippen molar-refractivity contribution < 1.29 is 4.79 Å². The van der Waals surface area contributed by atoms with Gasteiger partial charge < -0.3 is 10.7 Å². The highest BCUT2D eigenvalue weighted by Gasteiger charge is 2.11. The van der Waals surface area contributed by atoms with Gasteiger partial charge in [-0.25, -0.2) is 10.8 Å². The summed E-state index contributed by atoms with van der Waals surface area (Å²) in [4.78, 5) is 16.1. The number of halogens is 2. The molecule has 0 saturated heterocycles. The van der Waals surface area contributed by atoms with Crippen molar-refractivity contribution in [2.75, 3.05) is 10.7 Å². The number of benzene rings is 1. The van der Waals surface area contributed by atoms with Crippen LogP contribution in [0.5, 0.6) is 0 Å². The summed E-state index contributed by atoms with van der Waals surface area (Å²) in [5, 5.41) is 3.49. The molecule has 20 heavy (non-hydrogen) atoms. The summed E-state index contributed by atoms with van der Waals surface area (Å²) in [6.07, 6.45) is 0. The fourth-order valence-electron chi connectivity index (χ4n) is 1.63. The number of anilines is 2. The number of hydrogen-bond acceptors (Lipinski definition) is 4. The summed E-state index contributed by atoms with van der Waals surface area (Å²) in [6, 6.07) is 8.22. The first-order valence-electron chi connectivity index (χ1n) is 5.71. The molecule has 0 aliphatic heterocycles. The normalized spacial score (nSPS) is 10.2. The molecule has 0 aliphatic rings. The number of rotatable bonds is 3. The zero-order valence-corrected chi connectivity index (χ0v) is 12.1. The van der Waals surface area contributed by atoms with E-state index in [1.54, 1.807) is 12.1 Å². The second kappa shape index (κ2) is 6.09. The molecule has 0 aliphatic carbocycles. The molecule has 1 heterocycles. The van der Waals surface area contributed by atoms with E-state index in [4.69, 9.17) is 29.0 Å². The molecule has 1 aromatic heterocycles. The van der Waals surface area contributed by atoms with Gasteiger partial charge in [-0.3, -0.25) is 4.79 Å². The third-order valence-electron chi connectivity index (χ3n) is 2.65. The number of amides is 1. The molecule has 1 amide bonds. The molecule has 2 rings (SSSR count). The van der Waals surface area contributed by atoms with E-state index in [1.807, 2.05) is 13.0 Å². The number of hydrogen-bond donors (Lipinski definition) is 3. The summed E-state index contributed by atoms with van der Waals surface area (Å²) in [5.74, 6) is 5.25. The first kappa shape index (κ1) is 14.6. The van der Waals surface area contributed by atoms with Crippen molar-refractivity contribution in [2.24, 2.45) is 5.84 Å². The Kier molecular flexibility index (Phi) is 4.44. The maximum atomic E-state index is 12.2. The molecule has 104 valence electrons. The molecule has 0 fully saturated rings. The summed E-state index contributed by atoms with van der Waals surface area (Å²) < 4.78 is 0. The van der Waals surface area contributed by atoms with E-state index in [-0.39, 0.29) is 11.1 Å². The number of aromatic nitrogens is 1. The largest absolute Gasteiger partial charge is 0.322 e. The molecule has 0 unspecified atom stereocenters. The number of pyridine rings is 1. The molecular formula is C13H12Cl2N4O. The molecule has 7 heteroatoms. The molecule has 0 saturated carbocycles. The van der Waals surface area contributed by atoms with Gasteiger partial charge in [-0.15, -0.1) is 0 Å². The molecule has 0 bridgehead atoms. The first-order valence-corrected chi connectivity index (χ1v) is 6.47. The smallest absolute Gasteiger partial charge is 0.255 e. The molecule has 0 radical (unpaired) electrons. The number of nitrogens with one attached hydrogen (secondary N) is 2. The zero-order chi connectivity index (χ0) is 14.7. The lowest BCUT2D eigenvalue weighted by Crippen LogP contribution is -2.15. The van der Waals surface area contributed by atoms with Crippen LogP contribution in [-0.2, 0) is 0 Å². The monoisotopic (exact) mass is 310 g/mol. The van der Waals surface area contributed by atoms with Crippen molar-refractivity contribution in [3.63, 3.8) is 0 Å². The van der Waals surface area contributed by atoms with Crippen LogP contribution < -0.4 is 16.6 Å². The number of nitrogen functional groups attached to an aromatic ring is 1. The van der Waals surface area contributed by atoms with Crippen LogP contribution >= 0.6 is 23.2 Å². The minimum absolute atomic E-state index is 0.174. The van der Waals surface area contributed by atoms with E-state index >= 15 is 0 Å². The van der Waals surface area contributed by atoms with Crippen LogP contribution in [-0.4, -0.2) is 10.9 Å². The van der Waals surface area contributed by atoms with Crippen LogP contribution in [0.3, 0.4) is 0 Å². The Bertz CT molecular complexity index is 661. The van der Waals surface area contributed by atoms with Crippen LogP contribution in [0, 0.1) is 6.92 Å². The summed E-state index contributed by atoms with van der Waals surface area (Å²) in [7, 11) is 0. The molecular weight excluding hydrogens is 299 g/mol. The predicted molar refractivity (Wildman–Crippen MR) is 81.2 cm³/mol. The molecule has 0 atom stereocenters. The van der Waals surface area contributed by atoms with Gasteiger partial charge in [0.15, 0.2) is 0 Å². The highest BCUT2D eigenvalue weighted by Crippen LogP contribution is 2.22. The van der Waals surface area contributed by atoms with Crippen molar-refractivity contribution in [3.8, 4) is 0 Å². The molecule has 0 spiro atoms. The van der Waals surface area contributed by atoms with Crippen molar-refractivity contribution in [1.82, 2.24) is 4.98 Å². The van der Waals surface area contributed by atoms with E-state index in [0.717, 1.165) is 5.56 Å². The van der Waals surface area contributed by atoms with Crippen molar-refractivity contribution in [2.45, 2.75) is 6.92 Å². The second-order valence-electron chi connectivity index (χ2n) is 4.12. The summed E-state index contributed by atoms with van der Waals surface area (Å²) in [5.41, 5.74) is 4.24. The van der Waals surface area contributed by atoms with Crippen LogP contribution in [0.2, 0.25) is 10.2 Å². The average molecular weight is 311 g/mol. The van der Waals surface area contributed by atoms with Crippen LogP contribution in [0.15, 0.2) is 30.3 Å². The van der Waals surface area contributed by atoms with Gasteiger partial charge in [-0.05, 0) is 36.8 Å². The van der Waals surface area contributed by atoms with Crippen LogP contribution in [0.4, 0.5) is 11.5 Å². The fraction of sp³-hybridized carbons (Fsp3) is 0.0769. The van der Waals surface area contributed by atoms with E-state index in [0.29, 0.717) is 22.1 Å². The van der Waals surface area contributed by atoms with E-state index in [1.165, 1.54) is 12.1 Å². The van der Waals surface area contributed by atoms with E-state index < -0.39 is 0 Å². The highest BCUT2D eigenvalue weighted by molar-refractivity contribution is 6.31. The van der Waals surface area contributed by atoms with Gasteiger partial charge in [-0.2, -0.15) is 0 Å². The maximum Gasteiger partial charge on any atom is 0.255 e. The van der Waals surface area contributed by atoms with Gasteiger partial charge in [0.25, 0.3) is 5.91 Å². The zero-order valence-electron chi connectivity index (χ0n) is 10.6.